The third-order valence-corrected chi connectivity index (χ3v) is 5.04. The van der Waals surface area contributed by atoms with E-state index in [4.69, 9.17) is 0 Å². The Morgan fingerprint density at radius 2 is 1.81 bits per heavy atom. The average Bonchev–Trinajstić information content (AvgIpc) is 2.53. The highest BCUT2D eigenvalue weighted by molar-refractivity contribution is 9.10. The SMILES string of the molecule is CCNC(c1ccc(Br)cc1)C1CCc2ccccc2C1. The fourth-order valence-corrected chi connectivity index (χ4v) is 3.72. The van der Waals surface area contributed by atoms with E-state index in [0.29, 0.717) is 12.0 Å². The van der Waals surface area contributed by atoms with E-state index in [2.05, 4.69) is 76.7 Å². The highest BCUT2D eigenvalue weighted by atomic mass is 79.9. The fourth-order valence-electron chi connectivity index (χ4n) is 3.46. The van der Waals surface area contributed by atoms with Crippen LogP contribution in [0.1, 0.15) is 36.1 Å². The molecule has 1 N–H and O–H groups in total. The first kappa shape index (κ1) is 14.8. The van der Waals surface area contributed by atoms with Crippen LogP contribution in [0.3, 0.4) is 0 Å². The quantitative estimate of drug-likeness (QED) is 0.831. The van der Waals surface area contributed by atoms with E-state index >= 15 is 0 Å². The van der Waals surface area contributed by atoms with Crippen LogP contribution in [0.25, 0.3) is 0 Å². The van der Waals surface area contributed by atoms with Gasteiger partial charge in [-0.1, -0.05) is 59.3 Å². The maximum absolute atomic E-state index is 3.70. The van der Waals surface area contributed by atoms with Gasteiger partial charge < -0.3 is 5.32 Å². The van der Waals surface area contributed by atoms with Gasteiger partial charge in [-0.2, -0.15) is 0 Å². The van der Waals surface area contributed by atoms with E-state index in [-0.39, 0.29) is 0 Å². The molecule has 0 aliphatic heterocycles. The number of fused-ring (bicyclic) bond motifs is 1. The van der Waals surface area contributed by atoms with Gasteiger partial charge in [0.1, 0.15) is 0 Å². The molecule has 21 heavy (non-hydrogen) atoms. The summed E-state index contributed by atoms with van der Waals surface area (Å²) in [5, 5.41) is 3.70. The van der Waals surface area contributed by atoms with Crippen LogP contribution < -0.4 is 5.32 Å². The van der Waals surface area contributed by atoms with Gasteiger partial charge in [0.25, 0.3) is 0 Å². The van der Waals surface area contributed by atoms with Crippen LogP contribution >= 0.6 is 15.9 Å². The van der Waals surface area contributed by atoms with Gasteiger partial charge >= 0.3 is 0 Å². The fraction of sp³-hybridized carbons (Fsp3) is 0.368. The summed E-state index contributed by atoms with van der Waals surface area (Å²) in [5.41, 5.74) is 4.48. The molecule has 0 saturated heterocycles. The molecular formula is C19H22BrN. The molecule has 3 rings (SSSR count). The summed E-state index contributed by atoms with van der Waals surface area (Å²) in [6.07, 6.45) is 3.66. The number of benzene rings is 2. The summed E-state index contributed by atoms with van der Waals surface area (Å²) in [4.78, 5) is 0. The predicted molar refractivity (Wildman–Crippen MR) is 92.5 cm³/mol. The summed E-state index contributed by atoms with van der Waals surface area (Å²) in [7, 11) is 0. The van der Waals surface area contributed by atoms with Crippen molar-refractivity contribution in [1.82, 2.24) is 5.32 Å². The van der Waals surface area contributed by atoms with Crippen molar-refractivity contribution < 1.29 is 0 Å². The second-order valence-corrected chi connectivity index (χ2v) is 6.77. The maximum atomic E-state index is 3.70. The number of rotatable bonds is 4. The van der Waals surface area contributed by atoms with Gasteiger partial charge in [0, 0.05) is 10.5 Å². The largest absolute Gasteiger partial charge is 0.310 e. The molecule has 1 aliphatic rings. The van der Waals surface area contributed by atoms with E-state index in [1.807, 2.05) is 0 Å². The van der Waals surface area contributed by atoms with Gasteiger partial charge in [-0.15, -0.1) is 0 Å². The highest BCUT2D eigenvalue weighted by Gasteiger charge is 2.26. The van der Waals surface area contributed by atoms with Gasteiger partial charge in [0.15, 0.2) is 0 Å². The molecule has 1 aliphatic carbocycles. The van der Waals surface area contributed by atoms with Gasteiger partial charge in [-0.25, -0.2) is 0 Å². The minimum atomic E-state index is 0.455. The van der Waals surface area contributed by atoms with E-state index in [1.54, 1.807) is 5.56 Å². The number of halogens is 1. The molecule has 2 atom stereocenters. The molecule has 2 aromatic carbocycles. The third-order valence-electron chi connectivity index (χ3n) is 4.51. The lowest BCUT2D eigenvalue weighted by Gasteiger charge is -2.32. The zero-order chi connectivity index (χ0) is 14.7. The van der Waals surface area contributed by atoms with Crippen molar-refractivity contribution in [1.29, 1.82) is 0 Å². The Labute approximate surface area is 135 Å². The Morgan fingerprint density at radius 3 is 2.52 bits per heavy atom. The Hall–Kier alpha value is -1.12. The topological polar surface area (TPSA) is 12.0 Å². The Balaban J connectivity index is 1.83. The number of hydrogen-bond acceptors (Lipinski definition) is 1. The van der Waals surface area contributed by atoms with Crippen molar-refractivity contribution in [3.05, 3.63) is 69.7 Å². The summed E-state index contributed by atoms with van der Waals surface area (Å²) in [6, 6.07) is 18.2. The molecule has 0 radical (unpaired) electrons. The summed E-state index contributed by atoms with van der Waals surface area (Å²) >= 11 is 3.53. The Kier molecular flexibility index (Phi) is 4.77. The second kappa shape index (κ2) is 6.76. The molecule has 0 fully saturated rings. The van der Waals surface area contributed by atoms with Crippen molar-refractivity contribution >= 4 is 15.9 Å². The maximum Gasteiger partial charge on any atom is 0.0351 e. The van der Waals surface area contributed by atoms with Crippen molar-refractivity contribution in [3.8, 4) is 0 Å². The zero-order valence-electron chi connectivity index (χ0n) is 12.5. The number of nitrogens with one attached hydrogen (secondary N) is 1. The Bertz CT molecular complexity index is 591. The van der Waals surface area contributed by atoms with Crippen molar-refractivity contribution in [2.24, 2.45) is 5.92 Å². The molecule has 0 spiro atoms. The molecule has 0 heterocycles. The highest BCUT2D eigenvalue weighted by Crippen LogP contribution is 2.34. The Morgan fingerprint density at radius 1 is 1.10 bits per heavy atom. The third kappa shape index (κ3) is 3.38. The van der Waals surface area contributed by atoms with Crippen LogP contribution in [-0.4, -0.2) is 6.54 Å². The molecule has 0 bridgehead atoms. The zero-order valence-corrected chi connectivity index (χ0v) is 14.1. The van der Waals surface area contributed by atoms with E-state index in [0.717, 1.165) is 11.0 Å². The van der Waals surface area contributed by atoms with Gasteiger partial charge in [0.2, 0.25) is 0 Å². The molecule has 2 aromatic rings. The van der Waals surface area contributed by atoms with Crippen LogP contribution in [-0.2, 0) is 12.8 Å². The van der Waals surface area contributed by atoms with Crippen LogP contribution in [0.5, 0.6) is 0 Å². The minimum Gasteiger partial charge on any atom is -0.310 e. The molecule has 2 heteroatoms. The van der Waals surface area contributed by atoms with Gasteiger partial charge in [-0.3, -0.25) is 0 Å². The first-order valence-electron chi connectivity index (χ1n) is 7.83. The van der Waals surface area contributed by atoms with E-state index in [9.17, 15) is 0 Å². The molecule has 0 saturated carbocycles. The number of aryl methyl sites for hydroxylation is 1. The average molecular weight is 344 g/mol. The first-order chi connectivity index (χ1) is 10.3. The molecule has 0 amide bonds. The summed E-state index contributed by atoms with van der Waals surface area (Å²) < 4.78 is 1.15. The first-order valence-corrected chi connectivity index (χ1v) is 8.63. The normalized spacial score (nSPS) is 19.0. The van der Waals surface area contributed by atoms with E-state index < -0.39 is 0 Å². The second-order valence-electron chi connectivity index (χ2n) is 5.86. The standard InChI is InChI=1S/C19H22BrN/c1-2-21-19(15-9-11-18(20)12-10-15)17-8-7-14-5-3-4-6-16(14)13-17/h3-6,9-12,17,19,21H,2,7-8,13H2,1H3. The lowest BCUT2D eigenvalue weighted by molar-refractivity contribution is 0.330. The molecule has 110 valence electrons. The van der Waals surface area contributed by atoms with Crippen LogP contribution in [0.4, 0.5) is 0 Å². The van der Waals surface area contributed by atoms with E-state index in [1.165, 1.54) is 30.4 Å². The lowest BCUT2D eigenvalue weighted by atomic mass is 9.78. The van der Waals surface area contributed by atoms with Crippen molar-refractivity contribution in [2.45, 2.75) is 32.2 Å². The molecule has 1 nitrogen and oxygen atoms in total. The monoisotopic (exact) mass is 343 g/mol. The molecular weight excluding hydrogens is 322 g/mol. The smallest absolute Gasteiger partial charge is 0.0351 e. The minimum absolute atomic E-state index is 0.455. The lowest BCUT2D eigenvalue weighted by Crippen LogP contribution is -2.31. The van der Waals surface area contributed by atoms with Crippen molar-refractivity contribution in [3.63, 3.8) is 0 Å². The van der Waals surface area contributed by atoms with Crippen molar-refractivity contribution in [2.75, 3.05) is 6.54 Å². The van der Waals surface area contributed by atoms with Crippen LogP contribution in [0.2, 0.25) is 0 Å². The van der Waals surface area contributed by atoms with Crippen LogP contribution in [0.15, 0.2) is 53.0 Å². The predicted octanol–water partition coefficient (Wildman–Crippen LogP) is 4.90. The van der Waals surface area contributed by atoms with Gasteiger partial charge in [0.05, 0.1) is 0 Å². The van der Waals surface area contributed by atoms with Gasteiger partial charge in [-0.05, 0) is 60.5 Å². The van der Waals surface area contributed by atoms with Crippen LogP contribution in [0, 0.1) is 5.92 Å². The molecule has 0 aromatic heterocycles. The molecule has 2 unspecified atom stereocenters. The summed E-state index contributed by atoms with van der Waals surface area (Å²) in [5.74, 6) is 0.682. The summed E-state index contributed by atoms with van der Waals surface area (Å²) in [6.45, 7) is 3.21. The number of hydrogen-bond donors (Lipinski definition) is 1.